The van der Waals surface area contributed by atoms with E-state index >= 15 is 0 Å². The summed E-state index contributed by atoms with van der Waals surface area (Å²) in [4.78, 5) is 2.54. The molecule has 1 aliphatic heterocycles. The Kier molecular flexibility index (Phi) is 2.93. The van der Waals surface area contributed by atoms with Crippen molar-refractivity contribution in [1.29, 1.82) is 0 Å². The fourth-order valence-electron chi connectivity index (χ4n) is 2.09. The van der Waals surface area contributed by atoms with Gasteiger partial charge >= 0.3 is 0 Å². The highest BCUT2D eigenvalue weighted by atomic mass is 15.2. The highest BCUT2D eigenvalue weighted by Gasteiger charge is 2.24. The van der Waals surface area contributed by atoms with E-state index in [0.29, 0.717) is 5.54 Å². The molecule has 2 heteroatoms. The third-order valence-electron chi connectivity index (χ3n) is 3.04. The molecule has 1 aliphatic carbocycles. The molecule has 1 heterocycles. The van der Waals surface area contributed by atoms with Crippen molar-refractivity contribution in [2.75, 3.05) is 26.2 Å². The molecule has 1 saturated carbocycles. The van der Waals surface area contributed by atoms with E-state index in [2.05, 4.69) is 36.2 Å². The van der Waals surface area contributed by atoms with Crippen LogP contribution in [-0.4, -0.2) is 36.6 Å². The van der Waals surface area contributed by atoms with Crippen LogP contribution < -0.4 is 5.32 Å². The summed E-state index contributed by atoms with van der Waals surface area (Å²) in [6.07, 6.45) is 7.60. The summed E-state index contributed by atoms with van der Waals surface area (Å²) in [5, 5.41) is 3.53. The van der Waals surface area contributed by atoms with E-state index in [1.54, 1.807) is 0 Å². The molecule has 2 fully saturated rings. The minimum absolute atomic E-state index is 0.297. The van der Waals surface area contributed by atoms with Gasteiger partial charge in [-0.05, 0) is 32.6 Å². The van der Waals surface area contributed by atoms with Crippen molar-refractivity contribution in [1.82, 2.24) is 10.2 Å². The number of hydrogen-bond donors (Lipinski definition) is 1. The first-order valence-corrected chi connectivity index (χ1v) is 5.80. The molecule has 0 atom stereocenters. The average molecular weight is 194 g/mol. The molecule has 0 aromatic rings. The zero-order chi connectivity index (χ0) is 10.0. The van der Waals surface area contributed by atoms with Crippen LogP contribution in [0, 0.1) is 5.92 Å². The molecule has 2 nitrogen and oxygen atoms in total. The van der Waals surface area contributed by atoms with E-state index in [1.807, 2.05) is 0 Å². The van der Waals surface area contributed by atoms with Crippen LogP contribution in [0.15, 0.2) is 12.2 Å². The zero-order valence-corrected chi connectivity index (χ0v) is 9.42. The first-order valence-electron chi connectivity index (χ1n) is 5.80. The second kappa shape index (κ2) is 4.03. The van der Waals surface area contributed by atoms with Gasteiger partial charge in [0.05, 0.1) is 0 Å². The van der Waals surface area contributed by atoms with Gasteiger partial charge in [0.15, 0.2) is 0 Å². The van der Waals surface area contributed by atoms with E-state index in [-0.39, 0.29) is 0 Å². The normalized spacial score (nSPS) is 28.4. The van der Waals surface area contributed by atoms with Gasteiger partial charge < -0.3 is 5.32 Å². The number of nitrogens with one attached hydrogen (secondary N) is 1. The number of nitrogens with zero attached hydrogens (tertiary/aromatic N) is 1. The molecule has 0 amide bonds. The molecule has 2 aliphatic rings. The number of allylic oxidation sites excluding steroid dienone is 1. The van der Waals surface area contributed by atoms with Gasteiger partial charge in [-0.25, -0.2) is 0 Å². The highest BCUT2D eigenvalue weighted by Crippen LogP contribution is 2.29. The van der Waals surface area contributed by atoms with Crippen LogP contribution in [0.5, 0.6) is 0 Å². The van der Waals surface area contributed by atoms with Crippen LogP contribution in [0.3, 0.4) is 0 Å². The largest absolute Gasteiger partial charge is 0.309 e. The predicted octanol–water partition coefficient (Wildman–Crippen LogP) is 1.64. The lowest BCUT2D eigenvalue weighted by atomic mass is 10.0. The molecule has 0 aromatic carbocycles. The van der Waals surface area contributed by atoms with Gasteiger partial charge in [-0.1, -0.05) is 12.2 Å². The summed E-state index contributed by atoms with van der Waals surface area (Å²) in [6.45, 7) is 9.19. The van der Waals surface area contributed by atoms with E-state index in [1.165, 1.54) is 25.9 Å². The Labute approximate surface area is 87.4 Å². The quantitative estimate of drug-likeness (QED) is 0.687. The standard InChI is InChI=1S/C12H22N2/c1-12(2)10-14(9-7-13-12)8-3-4-11-5-6-11/h3-4,11,13H,5-10H2,1-2H3/b4-3+. The van der Waals surface area contributed by atoms with Crippen molar-refractivity contribution >= 4 is 0 Å². The fraction of sp³-hybridized carbons (Fsp3) is 0.833. The van der Waals surface area contributed by atoms with Gasteiger partial charge in [-0.15, -0.1) is 0 Å². The molecule has 0 bridgehead atoms. The molecular weight excluding hydrogens is 172 g/mol. The van der Waals surface area contributed by atoms with Crippen LogP contribution in [0.1, 0.15) is 26.7 Å². The summed E-state index contributed by atoms with van der Waals surface area (Å²) in [7, 11) is 0. The first-order chi connectivity index (χ1) is 6.66. The Morgan fingerprint density at radius 1 is 1.43 bits per heavy atom. The van der Waals surface area contributed by atoms with E-state index < -0.39 is 0 Å². The van der Waals surface area contributed by atoms with Crippen LogP contribution in [0.4, 0.5) is 0 Å². The summed E-state index contributed by atoms with van der Waals surface area (Å²) in [5.41, 5.74) is 0.297. The van der Waals surface area contributed by atoms with Crippen molar-refractivity contribution in [3.63, 3.8) is 0 Å². The van der Waals surface area contributed by atoms with E-state index in [9.17, 15) is 0 Å². The van der Waals surface area contributed by atoms with Crippen LogP contribution >= 0.6 is 0 Å². The Morgan fingerprint density at radius 3 is 2.86 bits per heavy atom. The van der Waals surface area contributed by atoms with Crippen LogP contribution in [0.25, 0.3) is 0 Å². The minimum Gasteiger partial charge on any atom is -0.309 e. The van der Waals surface area contributed by atoms with Crippen molar-refractivity contribution in [2.24, 2.45) is 5.92 Å². The predicted molar refractivity (Wildman–Crippen MR) is 60.4 cm³/mol. The SMILES string of the molecule is CC1(C)CN(C/C=C/C2CC2)CCN1. The lowest BCUT2D eigenvalue weighted by Gasteiger charge is -2.38. The summed E-state index contributed by atoms with van der Waals surface area (Å²) >= 11 is 0. The third-order valence-corrected chi connectivity index (χ3v) is 3.04. The lowest BCUT2D eigenvalue weighted by Crippen LogP contribution is -2.56. The molecule has 1 saturated heterocycles. The molecular formula is C12H22N2. The van der Waals surface area contributed by atoms with Gasteiger partial charge in [-0.3, -0.25) is 4.90 Å². The topological polar surface area (TPSA) is 15.3 Å². The Morgan fingerprint density at radius 2 is 2.21 bits per heavy atom. The zero-order valence-electron chi connectivity index (χ0n) is 9.42. The van der Waals surface area contributed by atoms with E-state index in [0.717, 1.165) is 19.0 Å². The van der Waals surface area contributed by atoms with Crippen molar-refractivity contribution < 1.29 is 0 Å². The highest BCUT2D eigenvalue weighted by molar-refractivity contribution is 4.98. The van der Waals surface area contributed by atoms with Crippen molar-refractivity contribution in [3.8, 4) is 0 Å². The number of piperazine rings is 1. The van der Waals surface area contributed by atoms with Crippen molar-refractivity contribution in [2.45, 2.75) is 32.2 Å². The molecule has 0 unspecified atom stereocenters. The lowest BCUT2D eigenvalue weighted by molar-refractivity contribution is 0.169. The van der Waals surface area contributed by atoms with Gasteiger partial charge in [-0.2, -0.15) is 0 Å². The van der Waals surface area contributed by atoms with Gasteiger partial charge in [0.2, 0.25) is 0 Å². The molecule has 0 spiro atoms. The van der Waals surface area contributed by atoms with Crippen LogP contribution in [-0.2, 0) is 0 Å². The third kappa shape index (κ3) is 3.10. The fourth-order valence-corrected chi connectivity index (χ4v) is 2.09. The summed E-state index contributed by atoms with van der Waals surface area (Å²) in [5.74, 6) is 0.922. The maximum Gasteiger partial charge on any atom is 0.0252 e. The maximum atomic E-state index is 3.53. The molecule has 80 valence electrons. The molecule has 14 heavy (non-hydrogen) atoms. The molecule has 0 aromatic heterocycles. The maximum absolute atomic E-state index is 3.53. The second-order valence-corrected chi connectivity index (χ2v) is 5.31. The first kappa shape index (κ1) is 10.2. The van der Waals surface area contributed by atoms with Crippen molar-refractivity contribution in [3.05, 3.63) is 12.2 Å². The van der Waals surface area contributed by atoms with Gasteiger partial charge in [0.25, 0.3) is 0 Å². The smallest absolute Gasteiger partial charge is 0.0252 e. The Hall–Kier alpha value is -0.340. The van der Waals surface area contributed by atoms with Gasteiger partial charge in [0.1, 0.15) is 0 Å². The number of hydrogen-bond acceptors (Lipinski definition) is 2. The van der Waals surface area contributed by atoms with E-state index in [4.69, 9.17) is 0 Å². The Balaban J connectivity index is 1.73. The number of rotatable bonds is 3. The Bertz CT molecular complexity index is 216. The van der Waals surface area contributed by atoms with Crippen LogP contribution in [0.2, 0.25) is 0 Å². The molecule has 2 rings (SSSR count). The summed E-state index contributed by atoms with van der Waals surface area (Å²) < 4.78 is 0. The average Bonchev–Trinajstić information content (AvgIpc) is 2.86. The molecule has 1 N–H and O–H groups in total. The molecule has 0 radical (unpaired) electrons. The second-order valence-electron chi connectivity index (χ2n) is 5.31. The van der Waals surface area contributed by atoms with Gasteiger partial charge in [0, 0.05) is 31.7 Å². The monoisotopic (exact) mass is 194 g/mol. The minimum atomic E-state index is 0.297. The summed E-state index contributed by atoms with van der Waals surface area (Å²) in [6, 6.07) is 0.